The van der Waals surface area contributed by atoms with Crippen LogP contribution in [-0.2, 0) is 11.3 Å². The summed E-state index contributed by atoms with van der Waals surface area (Å²) in [7, 11) is 6.03. The smallest absolute Gasteiger partial charge is 0.338 e. The van der Waals surface area contributed by atoms with Crippen LogP contribution in [0.5, 0.6) is 23.0 Å². The SMILES string of the molecule is COc1ccc(Br)cc1COC(=O)c1cc(OC)c(OC)c(OC)c1. The number of hydrogen-bond donors (Lipinski definition) is 0. The highest BCUT2D eigenvalue weighted by Gasteiger charge is 2.18. The minimum atomic E-state index is -0.513. The predicted octanol–water partition coefficient (Wildman–Crippen LogP) is 3.84. The van der Waals surface area contributed by atoms with Gasteiger partial charge in [0.2, 0.25) is 5.75 Å². The third-order valence-corrected chi connectivity index (χ3v) is 3.99. The van der Waals surface area contributed by atoms with Gasteiger partial charge in [0.15, 0.2) is 11.5 Å². The van der Waals surface area contributed by atoms with Gasteiger partial charge in [0, 0.05) is 10.0 Å². The minimum absolute atomic E-state index is 0.0676. The van der Waals surface area contributed by atoms with Gasteiger partial charge in [0.25, 0.3) is 0 Å². The fourth-order valence-electron chi connectivity index (χ4n) is 2.29. The maximum atomic E-state index is 12.4. The summed E-state index contributed by atoms with van der Waals surface area (Å²) >= 11 is 3.39. The average Bonchev–Trinajstić information content (AvgIpc) is 2.64. The van der Waals surface area contributed by atoms with Gasteiger partial charge in [0.05, 0.1) is 34.0 Å². The van der Waals surface area contributed by atoms with Crippen molar-refractivity contribution in [3.63, 3.8) is 0 Å². The molecule has 0 unspecified atom stereocenters. The lowest BCUT2D eigenvalue weighted by Gasteiger charge is -2.14. The van der Waals surface area contributed by atoms with E-state index in [9.17, 15) is 4.79 Å². The number of ether oxygens (including phenoxy) is 5. The third-order valence-electron chi connectivity index (χ3n) is 3.50. The van der Waals surface area contributed by atoms with Crippen LogP contribution in [0, 0.1) is 0 Å². The zero-order chi connectivity index (χ0) is 18.4. The molecule has 0 atom stereocenters. The van der Waals surface area contributed by atoms with E-state index in [1.165, 1.54) is 21.3 Å². The molecule has 0 N–H and O–H groups in total. The predicted molar refractivity (Wildman–Crippen MR) is 95.9 cm³/mol. The Morgan fingerprint density at radius 3 is 2.00 bits per heavy atom. The summed E-state index contributed by atoms with van der Waals surface area (Å²) in [5.41, 5.74) is 1.04. The average molecular weight is 411 g/mol. The summed E-state index contributed by atoms with van der Waals surface area (Å²) in [6, 6.07) is 8.57. The first-order chi connectivity index (χ1) is 12.0. The molecule has 6 nitrogen and oxygen atoms in total. The Labute approximate surface area is 154 Å². The molecule has 0 radical (unpaired) electrons. The van der Waals surface area contributed by atoms with E-state index >= 15 is 0 Å². The molecule has 25 heavy (non-hydrogen) atoms. The highest BCUT2D eigenvalue weighted by Crippen LogP contribution is 2.38. The number of methoxy groups -OCH3 is 4. The first-order valence-electron chi connectivity index (χ1n) is 7.33. The van der Waals surface area contributed by atoms with E-state index in [1.54, 1.807) is 25.3 Å². The van der Waals surface area contributed by atoms with Crippen molar-refractivity contribution in [2.24, 2.45) is 0 Å². The van der Waals surface area contributed by atoms with E-state index in [4.69, 9.17) is 23.7 Å². The van der Waals surface area contributed by atoms with Gasteiger partial charge in [-0.3, -0.25) is 0 Å². The van der Waals surface area contributed by atoms with Gasteiger partial charge in [-0.25, -0.2) is 4.79 Å². The molecular weight excluding hydrogens is 392 g/mol. The second kappa shape index (κ2) is 8.62. The van der Waals surface area contributed by atoms with Gasteiger partial charge in [-0.05, 0) is 30.3 Å². The number of carbonyl (C=O) groups excluding carboxylic acids is 1. The molecule has 2 aromatic rings. The largest absolute Gasteiger partial charge is 0.496 e. The molecule has 0 amide bonds. The lowest BCUT2D eigenvalue weighted by atomic mass is 10.1. The van der Waals surface area contributed by atoms with Crippen LogP contribution in [0.25, 0.3) is 0 Å². The summed E-state index contributed by atoms with van der Waals surface area (Å²) in [6.45, 7) is 0.0676. The molecule has 0 heterocycles. The first-order valence-corrected chi connectivity index (χ1v) is 8.12. The summed E-state index contributed by atoms with van der Waals surface area (Å²) in [5, 5.41) is 0. The van der Waals surface area contributed by atoms with E-state index in [0.717, 1.165) is 10.0 Å². The molecule has 0 fully saturated rings. The highest BCUT2D eigenvalue weighted by atomic mass is 79.9. The number of halogens is 1. The van der Waals surface area contributed by atoms with Crippen LogP contribution >= 0.6 is 15.9 Å². The molecule has 2 rings (SSSR count). The van der Waals surface area contributed by atoms with E-state index in [-0.39, 0.29) is 6.61 Å². The van der Waals surface area contributed by atoms with Gasteiger partial charge >= 0.3 is 5.97 Å². The van der Waals surface area contributed by atoms with Gasteiger partial charge in [-0.15, -0.1) is 0 Å². The van der Waals surface area contributed by atoms with Gasteiger partial charge in [-0.1, -0.05) is 15.9 Å². The Morgan fingerprint density at radius 1 is 0.880 bits per heavy atom. The molecule has 7 heteroatoms. The number of carbonyl (C=O) groups is 1. The van der Waals surface area contributed by atoms with E-state index < -0.39 is 5.97 Å². The fraction of sp³-hybridized carbons (Fsp3) is 0.278. The molecule has 0 aliphatic heterocycles. The maximum Gasteiger partial charge on any atom is 0.338 e. The lowest BCUT2D eigenvalue weighted by molar-refractivity contribution is 0.0469. The van der Waals surface area contributed by atoms with Crippen LogP contribution in [0.1, 0.15) is 15.9 Å². The Kier molecular flexibility index (Phi) is 6.52. The van der Waals surface area contributed by atoms with Gasteiger partial charge in [0.1, 0.15) is 12.4 Å². The summed E-state index contributed by atoms with van der Waals surface area (Å²) < 4.78 is 27.3. The van der Waals surface area contributed by atoms with Crippen molar-refractivity contribution in [1.82, 2.24) is 0 Å². The van der Waals surface area contributed by atoms with Crippen molar-refractivity contribution < 1.29 is 28.5 Å². The van der Waals surface area contributed by atoms with Crippen molar-refractivity contribution in [1.29, 1.82) is 0 Å². The van der Waals surface area contributed by atoms with Crippen molar-refractivity contribution in [2.75, 3.05) is 28.4 Å². The first kappa shape index (κ1) is 18.9. The molecular formula is C18H19BrO6. The van der Waals surface area contributed by atoms with Crippen molar-refractivity contribution in [3.05, 3.63) is 45.9 Å². The van der Waals surface area contributed by atoms with Crippen molar-refractivity contribution in [2.45, 2.75) is 6.61 Å². The Bertz CT molecular complexity index is 734. The topological polar surface area (TPSA) is 63.2 Å². The van der Waals surface area contributed by atoms with Gasteiger partial charge in [-0.2, -0.15) is 0 Å². The second-order valence-corrected chi connectivity index (χ2v) is 5.86. The monoisotopic (exact) mass is 410 g/mol. The van der Waals surface area contributed by atoms with Crippen LogP contribution in [-0.4, -0.2) is 34.4 Å². The maximum absolute atomic E-state index is 12.4. The molecule has 0 aliphatic carbocycles. The Hall–Kier alpha value is -2.41. The quantitative estimate of drug-likeness (QED) is 0.646. The molecule has 0 saturated heterocycles. The molecule has 2 aromatic carbocycles. The summed E-state index contributed by atoms with van der Waals surface area (Å²) in [6.07, 6.45) is 0. The van der Waals surface area contributed by atoms with Crippen molar-refractivity contribution >= 4 is 21.9 Å². The number of benzene rings is 2. The normalized spacial score (nSPS) is 10.1. The Balaban J connectivity index is 2.23. The standard InChI is InChI=1S/C18H19BrO6/c1-21-14-6-5-13(19)7-12(14)10-25-18(20)11-8-15(22-2)17(24-4)16(9-11)23-3/h5-9H,10H2,1-4H3. The highest BCUT2D eigenvalue weighted by molar-refractivity contribution is 9.10. The van der Waals surface area contributed by atoms with Crippen LogP contribution < -0.4 is 18.9 Å². The number of rotatable bonds is 7. The molecule has 0 aromatic heterocycles. The van der Waals surface area contributed by atoms with Crippen molar-refractivity contribution in [3.8, 4) is 23.0 Å². The minimum Gasteiger partial charge on any atom is -0.496 e. The Morgan fingerprint density at radius 2 is 1.48 bits per heavy atom. The van der Waals surface area contributed by atoms with Gasteiger partial charge < -0.3 is 23.7 Å². The molecule has 134 valence electrons. The van der Waals surface area contributed by atoms with E-state index in [0.29, 0.717) is 28.6 Å². The van der Waals surface area contributed by atoms with E-state index in [2.05, 4.69) is 15.9 Å². The van der Waals surface area contributed by atoms with Crippen LogP contribution in [0.3, 0.4) is 0 Å². The number of esters is 1. The summed E-state index contributed by atoms with van der Waals surface area (Å²) in [5.74, 6) is 1.31. The van der Waals surface area contributed by atoms with Crippen LogP contribution in [0.15, 0.2) is 34.8 Å². The zero-order valence-corrected chi connectivity index (χ0v) is 16.0. The zero-order valence-electron chi connectivity index (χ0n) is 14.4. The van der Waals surface area contributed by atoms with Crippen LogP contribution in [0.4, 0.5) is 0 Å². The molecule has 0 spiro atoms. The van der Waals surface area contributed by atoms with E-state index in [1.807, 2.05) is 12.1 Å². The second-order valence-electron chi connectivity index (χ2n) is 4.95. The summed E-state index contributed by atoms with van der Waals surface area (Å²) in [4.78, 5) is 12.4. The molecule has 0 aliphatic rings. The number of hydrogen-bond acceptors (Lipinski definition) is 6. The third kappa shape index (κ3) is 4.36. The molecule has 0 saturated carbocycles. The van der Waals surface area contributed by atoms with Crippen LogP contribution in [0.2, 0.25) is 0 Å². The molecule has 0 bridgehead atoms. The fourth-order valence-corrected chi connectivity index (χ4v) is 2.69. The lowest BCUT2D eigenvalue weighted by Crippen LogP contribution is -2.07.